The van der Waals surface area contributed by atoms with Crippen LogP contribution in [-0.4, -0.2) is 19.6 Å². The van der Waals surface area contributed by atoms with Crippen LogP contribution >= 0.6 is 0 Å². The summed E-state index contributed by atoms with van der Waals surface area (Å²) in [6.45, 7) is 0. The zero-order chi connectivity index (χ0) is 15.4. The number of hydrogen-bond donors (Lipinski definition) is 1. The molecule has 2 aliphatic rings. The van der Waals surface area contributed by atoms with Crippen LogP contribution in [-0.2, 0) is 6.42 Å². The van der Waals surface area contributed by atoms with E-state index >= 15 is 0 Å². The molecule has 0 radical (unpaired) electrons. The van der Waals surface area contributed by atoms with Gasteiger partial charge in [0.2, 0.25) is 0 Å². The molecule has 114 valence electrons. The first-order chi connectivity index (χ1) is 11.3. The number of rotatable bonds is 1. The first-order valence-corrected chi connectivity index (χ1v) is 8.06. The van der Waals surface area contributed by atoms with Crippen molar-refractivity contribution >= 4 is 0 Å². The van der Waals surface area contributed by atoms with Gasteiger partial charge in [0.15, 0.2) is 0 Å². The van der Waals surface area contributed by atoms with Gasteiger partial charge in [-0.05, 0) is 30.0 Å². The molecule has 0 saturated heterocycles. The molecule has 1 aromatic carbocycles. The minimum absolute atomic E-state index is 0.142. The second-order valence-electron chi connectivity index (χ2n) is 6.44. The number of aliphatic hydroxyl groups is 1. The zero-order valence-electron chi connectivity index (χ0n) is 12.6. The molecular weight excluding hydrogens is 286 g/mol. The molecular formula is C19H17N3O. The molecule has 2 aromatic heterocycles. The number of fused-ring (bicyclic) bond motifs is 4. The van der Waals surface area contributed by atoms with E-state index in [0.29, 0.717) is 0 Å². The highest BCUT2D eigenvalue weighted by Gasteiger charge is 2.40. The van der Waals surface area contributed by atoms with Crippen LogP contribution in [0, 0.1) is 5.92 Å². The molecule has 3 atom stereocenters. The van der Waals surface area contributed by atoms with Gasteiger partial charge in [0.25, 0.3) is 0 Å². The Bertz CT molecular complexity index is 886. The van der Waals surface area contributed by atoms with Crippen molar-refractivity contribution in [2.75, 3.05) is 0 Å². The lowest BCUT2D eigenvalue weighted by molar-refractivity contribution is 0.0717. The van der Waals surface area contributed by atoms with Crippen molar-refractivity contribution < 1.29 is 5.11 Å². The fourth-order valence-electron chi connectivity index (χ4n) is 4.28. The van der Waals surface area contributed by atoms with Crippen molar-refractivity contribution in [1.29, 1.82) is 0 Å². The van der Waals surface area contributed by atoms with Crippen molar-refractivity contribution in [1.82, 2.24) is 14.5 Å². The number of aliphatic hydroxyl groups excluding tert-OH is 1. The fraction of sp³-hybridized carbons (Fsp3) is 0.263. The highest BCUT2D eigenvalue weighted by Crippen LogP contribution is 2.49. The van der Waals surface area contributed by atoms with E-state index in [-0.39, 0.29) is 12.0 Å². The van der Waals surface area contributed by atoms with Gasteiger partial charge in [0, 0.05) is 29.4 Å². The summed E-state index contributed by atoms with van der Waals surface area (Å²) < 4.78 is 2.22. The second-order valence-corrected chi connectivity index (χ2v) is 6.44. The van der Waals surface area contributed by atoms with Gasteiger partial charge in [-0.1, -0.05) is 24.3 Å². The minimum Gasteiger partial charge on any atom is -0.388 e. The molecule has 3 heterocycles. The predicted molar refractivity (Wildman–Crippen MR) is 86.8 cm³/mol. The largest absolute Gasteiger partial charge is 0.388 e. The van der Waals surface area contributed by atoms with Crippen molar-refractivity contribution in [3.05, 3.63) is 71.9 Å². The molecule has 23 heavy (non-hydrogen) atoms. The number of benzene rings is 1. The van der Waals surface area contributed by atoms with Gasteiger partial charge in [-0.2, -0.15) is 0 Å². The molecule has 4 heteroatoms. The Morgan fingerprint density at radius 1 is 1.04 bits per heavy atom. The second kappa shape index (κ2) is 4.77. The minimum atomic E-state index is -0.487. The van der Waals surface area contributed by atoms with Gasteiger partial charge in [0.05, 0.1) is 30.4 Å². The average molecular weight is 303 g/mol. The maximum Gasteiger partial charge on any atom is 0.0956 e. The average Bonchev–Trinajstić information content (AvgIpc) is 3.17. The van der Waals surface area contributed by atoms with Crippen LogP contribution in [0.5, 0.6) is 0 Å². The van der Waals surface area contributed by atoms with E-state index in [2.05, 4.69) is 38.8 Å². The van der Waals surface area contributed by atoms with E-state index in [1.165, 1.54) is 16.7 Å². The number of nitrogens with zero attached hydrogens (tertiary/aromatic N) is 3. The molecule has 3 aromatic rings. The molecule has 0 bridgehead atoms. The van der Waals surface area contributed by atoms with Crippen LogP contribution in [0.4, 0.5) is 0 Å². The third-order valence-electron chi connectivity index (χ3n) is 5.34. The third kappa shape index (κ3) is 1.75. The quantitative estimate of drug-likeness (QED) is 0.751. The van der Waals surface area contributed by atoms with Crippen LogP contribution in [0.3, 0.4) is 0 Å². The van der Waals surface area contributed by atoms with E-state index in [1.54, 1.807) is 0 Å². The lowest BCUT2D eigenvalue weighted by Crippen LogP contribution is -2.28. The van der Waals surface area contributed by atoms with E-state index in [9.17, 15) is 5.11 Å². The number of imidazole rings is 1. The van der Waals surface area contributed by atoms with E-state index in [0.717, 1.165) is 24.1 Å². The van der Waals surface area contributed by atoms with Crippen molar-refractivity contribution in [3.8, 4) is 11.3 Å². The van der Waals surface area contributed by atoms with E-state index in [4.69, 9.17) is 0 Å². The smallest absolute Gasteiger partial charge is 0.0956 e. The maximum atomic E-state index is 11.0. The molecule has 0 amide bonds. The number of pyridine rings is 1. The molecule has 1 aliphatic heterocycles. The number of aromatic nitrogens is 3. The van der Waals surface area contributed by atoms with Gasteiger partial charge in [-0.3, -0.25) is 4.98 Å². The van der Waals surface area contributed by atoms with Crippen LogP contribution in [0.25, 0.3) is 11.3 Å². The van der Waals surface area contributed by atoms with Crippen molar-refractivity contribution in [2.24, 2.45) is 5.92 Å². The predicted octanol–water partition coefficient (Wildman–Crippen LogP) is 3.14. The SMILES string of the molecule is O[C@@H]1c2cnccc2CC[C@@H]1C1c2ccccc2-c2cncn21. The summed E-state index contributed by atoms with van der Waals surface area (Å²) in [6, 6.07) is 10.6. The Morgan fingerprint density at radius 3 is 2.91 bits per heavy atom. The Labute approximate surface area is 134 Å². The van der Waals surface area contributed by atoms with E-state index in [1.807, 2.05) is 31.0 Å². The van der Waals surface area contributed by atoms with Gasteiger partial charge >= 0.3 is 0 Å². The Hall–Kier alpha value is -2.46. The number of hydrogen-bond acceptors (Lipinski definition) is 3. The van der Waals surface area contributed by atoms with Crippen LogP contribution < -0.4 is 0 Å². The zero-order valence-corrected chi connectivity index (χ0v) is 12.6. The normalized spacial score (nSPS) is 24.8. The molecule has 4 nitrogen and oxygen atoms in total. The van der Waals surface area contributed by atoms with Crippen molar-refractivity contribution in [2.45, 2.75) is 25.0 Å². The van der Waals surface area contributed by atoms with Crippen molar-refractivity contribution in [3.63, 3.8) is 0 Å². The van der Waals surface area contributed by atoms with Gasteiger partial charge in [-0.15, -0.1) is 0 Å². The standard InChI is InChI=1S/C19H17N3O/c23-19-15(6-5-12-7-8-20-9-16(12)19)18-14-4-2-1-3-13(14)17-10-21-11-22(17)18/h1-4,7-11,15,18-19,23H,5-6H2/t15-,18?,19+/m1/s1. The highest BCUT2D eigenvalue weighted by molar-refractivity contribution is 5.69. The van der Waals surface area contributed by atoms with Crippen LogP contribution in [0.1, 0.15) is 35.3 Å². The van der Waals surface area contributed by atoms with Gasteiger partial charge < -0.3 is 9.67 Å². The monoisotopic (exact) mass is 303 g/mol. The molecule has 5 rings (SSSR count). The fourth-order valence-corrected chi connectivity index (χ4v) is 4.28. The summed E-state index contributed by atoms with van der Waals surface area (Å²) in [5, 5.41) is 11.0. The summed E-state index contributed by atoms with van der Waals surface area (Å²) in [6.07, 6.45) is 8.91. The van der Waals surface area contributed by atoms with Crippen LogP contribution in [0.2, 0.25) is 0 Å². The molecule has 0 fully saturated rings. The topological polar surface area (TPSA) is 50.9 Å². The first kappa shape index (κ1) is 13.0. The lowest BCUT2D eigenvalue weighted by atomic mass is 9.76. The van der Waals surface area contributed by atoms with E-state index < -0.39 is 6.10 Å². The summed E-state index contributed by atoms with van der Waals surface area (Å²) in [5.74, 6) is 0.142. The Kier molecular flexibility index (Phi) is 2.70. The van der Waals surface area contributed by atoms with Gasteiger partial charge in [0.1, 0.15) is 0 Å². The summed E-state index contributed by atoms with van der Waals surface area (Å²) >= 11 is 0. The first-order valence-electron chi connectivity index (χ1n) is 8.06. The van der Waals surface area contributed by atoms with Crippen LogP contribution in [0.15, 0.2) is 55.2 Å². The highest BCUT2D eigenvalue weighted by atomic mass is 16.3. The lowest BCUT2D eigenvalue weighted by Gasteiger charge is -2.35. The molecule has 1 N–H and O–H groups in total. The Balaban J connectivity index is 1.64. The summed E-state index contributed by atoms with van der Waals surface area (Å²) in [7, 11) is 0. The number of aryl methyl sites for hydroxylation is 1. The molecule has 1 aliphatic carbocycles. The maximum absolute atomic E-state index is 11.0. The molecule has 1 unspecified atom stereocenters. The summed E-state index contributed by atoms with van der Waals surface area (Å²) in [5.41, 5.74) is 5.88. The third-order valence-corrected chi connectivity index (χ3v) is 5.34. The van der Waals surface area contributed by atoms with Gasteiger partial charge in [-0.25, -0.2) is 4.98 Å². The molecule has 0 spiro atoms. The Morgan fingerprint density at radius 2 is 1.96 bits per heavy atom. The summed E-state index contributed by atoms with van der Waals surface area (Å²) in [4.78, 5) is 8.54. The molecule has 0 saturated carbocycles.